The van der Waals surface area contributed by atoms with Crippen LogP contribution in [0.15, 0.2) is 0 Å². The van der Waals surface area contributed by atoms with E-state index in [4.69, 9.17) is 5.73 Å². The van der Waals surface area contributed by atoms with Crippen LogP contribution in [0, 0.1) is 5.92 Å². The van der Waals surface area contributed by atoms with Crippen LogP contribution in [0.2, 0.25) is 0 Å². The Morgan fingerprint density at radius 3 is 2.69 bits per heavy atom. The summed E-state index contributed by atoms with van der Waals surface area (Å²) < 4.78 is 0. The summed E-state index contributed by atoms with van der Waals surface area (Å²) in [4.78, 5) is 11.4. The lowest BCUT2D eigenvalue weighted by Crippen LogP contribution is -2.34. The van der Waals surface area contributed by atoms with Crippen molar-refractivity contribution in [2.45, 2.75) is 45.1 Å². The molecule has 1 atom stereocenters. The molecule has 0 aliphatic heterocycles. The van der Waals surface area contributed by atoms with Gasteiger partial charge in [-0.05, 0) is 38.6 Å². The number of nitrogens with one attached hydrogen (secondary N) is 1. The predicted octanol–water partition coefficient (Wildman–Crippen LogP) is 1.03. The Hall–Kier alpha value is -0.570. The number of carbonyl (C=O) groups excluding carboxylic acids is 1. The van der Waals surface area contributed by atoms with Crippen molar-refractivity contribution in [3.63, 3.8) is 0 Å². The molecule has 76 valence electrons. The molecule has 13 heavy (non-hydrogen) atoms. The summed E-state index contributed by atoms with van der Waals surface area (Å²) in [5.41, 5.74) is 5.59. The van der Waals surface area contributed by atoms with Crippen LogP contribution in [-0.4, -0.2) is 18.0 Å². The molecule has 1 unspecified atom stereocenters. The highest BCUT2D eigenvalue weighted by molar-refractivity contribution is 5.77. The van der Waals surface area contributed by atoms with E-state index < -0.39 is 0 Å². The third kappa shape index (κ3) is 3.77. The Bertz CT molecular complexity index is 187. The van der Waals surface area contributed by atoms with Crippen LogP contribution in [-0.2, 0) is 4.79 Å². The topological polar surface area (TPSA) is 55.1 Å². The van der Waals surface area contributed by atoms with Gasteiger partial charge in [0, 0.05) is 12.0 Å². The lowest BCUT2D eigenvalue weighted by atomic mass is 10.1. The van der Waals surface area contributed by atoms with Crippen molar-refractivity contribution in [1.29, 1.82) is 0 Å². The molecule has 1 saturated carbocycles. The fourth-order valence-corrected chi connectivity index (χ4v) is 1.21. The van der Waals surface area contributed by atoms with E-state index in [1.54, 1.807) is 0 Å². The smallest absolute Gasteiger partial charge is 0.220 e. The second-order valence-corrected chi connectivity index (χ2v) is 4.49. The van der Waals surface area contributed by atoms with E-state index in [-0.39, 0.29) is 11.4 Å². The van der Waals surface area contributed by atoms with Crippen molar-refractivity contribution in [1.82, 2.24) is 5.32 Å². The van der Waals surface area contributed by atoms with E-state index in [9.17, 15) is 4.79 Å². The number of hydrogen-bond donors (Lipinski definition) is 2. The Labute approximate surface area is 80.1 Å². The Balaban J connectivity index is 2.11. The first kappa shape index (κ1) is 10.5. The summed E-state index contributed by atoms with van der Waals surface area (Å²) in [6, 6.07) is 0. The number of nitrogens with two attached hydrogens (primary N) is 1. The molecule has 3 N–H and O–H groups in total. The highest BCUT2D eigenvalue weighted by atomic mass is 16.1. The highest BCUT2D eigenvalue weighted by Crippen LogP contribution is 2.34. The van der Waals surface area contributed by atoms with Crippen molar-refractivity contribution >= 4 is 5.91 Å². The van der Waals surface area contributed by atoms with Crippen molar-refractivity contribution < 1.29 is 4.79 Å². The van der Waals surface area contributed by atoms with Gasteiger partial charge in [0.25, 0.3) is 0 Å². The van der Waals surface area contributed by atoms with Gasteiger partial charge in [-0.25, -0.2) is 0 Å². The normalized spacial score (nSPS) is 20.8. The number of amides is 1. The summed E-state index contributed by atoms with van der Waals surface area (Å²) in [5, 5.41) is 3.03. The molecule has 0 aromatic rings. The van der Waals surface area contributed by atoms with Crippen LogP contribution >= 0.6 is 0 Å². The Morgan fingerprint density at radius 2 is 2.23 bits per heavy atom. The zero-order valence-corrected chi connectivity index (χ0v) is 8.60. The van der Waals surface area contributed by atoms with Gasteiger partial charge in [-0.15, -0.1) is 0 Å². The van der Waals surface area contributed by atoms with Crippen molar-refractivity contribution in [3.8, 4) is 0 Å². The van der Waals surface area contributed by atoms with E-state index in [2.05, 4.69) is 19.2 Å². The van der Waals surface area contributed by atoms with Crippen LogP contribution in [0.4, 0.5) is 0 Å². The lowest BCUT2D eigenvalue weighted by Gasteiger charge is -2.12. The molecule has 0 aromatic carbocycles. The summed E-state index contributed by atoms with van der Waals surface area (Å²) >= 11 is 0. The summed E-state index contributed by atoms with van der Waals surface area (Å²) in [7, 11) is 0. The Morgan fingerprint density at radius 1 is 1.62 bits per heavy atom. The molecule has 0 aromatic heterocycles. The van der Waals surface area contributed by atoms with Crippen LogP contribution < -0.4 is 11.1 Å². The van der Waals surface area contributed by atoms with Gasteiger partial charge in [0.05, 0.1) is 0 Å². The minimum atomic E-state index is 0.128. The molecular formula is C10H20N2O. The zero-order chi connectivity index (χ0) is 9.90. The average Bonchev–Trinajstić information content (AvgIpc) is 2.79. The molecule has 1 aliphatic rings. The predicted molar refractivity (Wildman–Crippen MR) is 53.2 cm³/mol. The molecule has 0 spiro atoms. The summed E-state index contributed by atoms with van der Waals surface area (Å²) in [6.07, 6.45) is 3.78. The van der Waals surface area contributed by atoms with E-state index >= 15 is 0 Å². The molecule has 1 amide bonds. The molecule has 1 rings (SSSR count). The maximum atomic E-state index is 11.4. The summed E-state index contributed by atoms with van der Waals surface area (Å²) in [5.74, 6) is 0.637. The molecule has 0 radical (unpaired) electrons. The highest BCUT2D eigenvalue weighted by Gasteiger charge is 2.38. The third-order valence-electron chi connectivity index (χ3n) is 2.71. The fraction of sp³-hybridized carbons (Fsp3) is 0.900. The van der Waals surface area contributed by atoms with Gasteiger partial charge in [-0.1, -0.05) is 6.92 Å². The molecule has 0 bridgehead atoms. The Kier molecular flexibility index (Phi) is 3.31. The number of carbonyl (C=O) groups is 1. The van der Waals surface area contributed by atoms with Crippen molar-refractivity contribution in [2.24, 2.45) is 11.7 Å². The quantitative estimate of drug-likeness (QED) is 0.670. The molecule has 1 fully saturated rings. The van der Waals surface area contributed by atoms with Crippen LogP contribution in [0.3, 0.4) is 0 Å². The van der Waals surface area contributed by atoms with Crippen molar-refractivity contribution in [2.75, 3.05) is 6.54 Å². The molecule has 0 heterocycles. The van der Waals surface area contributed by atoms with Gasteiger partial charge in [0.2, 0.25) is 5.91 Å². The average molecular weight is 184 g/mol. The van der Waals surface area contributed by atoms with Crippen LogP contribution in [0.5, 0.6) is 0 Å². The molecule has 3 nitrogen and oxygen atoms in total. The fourth-order valence-electron chi connectivity index (χ4n) is 1.21. The first-order valence-electron chi connectivity index (χ1n) is 5.07. The van der Waals surface area contributed by atoms with Gasteiger partial charge < -0.3 is 11.1 Å². The van der Waals surface area contributed by atoms with Gasteiger partial charge in [-0.2, -0.15) is 0 Å². The second kappa shape index (κ2) is 4.09. The summed E-state index contributed by atoms with van der Waals surface area (Å²) in [6.45, 7) is 4.84. The number of rotatable bonds is 5. The molecule has 0 saturated heterocycles. The molecular weight excluding hydrogens is 164 g/mol. The van der Waals surface area contributed by atoms with Gasteiger partial charge in [-0.3, -0.25) is 4.79 Å². The monoisotopic (exact) mass is 184 g/mol. The first-order chi connectivity index (χ1) is 6.06. The van der Waals surface area contributed by atoms with E-state index in [0.29, 0.717) is 18.9 Å². The maximum Gasteiger partial charge on any atom is 0.220 e. The standard InChI is InChI=1S/C10H20N2O/c1-8(7-11)3-4-9(13)12-10(2)5-6-10/h8H,3-7,11H2,1-2H3,(H,12,13). The SMILES string of the molecule is CC(CN)CCC(=O)NC1(C)CC1. The van der Waals surface area contributed by atoms with Crippen LogP contribution in [0.25, 0.3) is 0 Å². The van der Waals surface area contributed by atoms with Gasteiger partial charge >= 0.3 is 0 Å². The van der Waals surface area contributed by atoms with Gasteiger partial charge in [0.1, 0.15) is 0 Å². The van der Waals surface area contributed by atoms with Gasteiger partial charge in [0.15, 0.2) is 0 Å². The minimum absolute atomic E-state index is 0.128. The zero-order valence-electron chi connectivity index (χ0n) is 8.60. The van der Waals surface area contributed by atoms with E-state index in [0.717, 1.165) is 19.3 Å². The first-order valence-corrected chi connectivity index (χ1v) is 5.07. The van der Waals surface area contributed by atoms with Crippen molar-refractivity contribution in [3.05, 3.63) is 0 Å². The molecule has 3 heteroatoms. The minimum Gasteiger partial charge on any atom is -0.351 e. The van der Waals surface area contributed by atoms with E-state index in [1.165, 1.54) is 0 Å². The number of hydrogen-bond acceptors (Lipinski definition) is 2. The lowest BCUT2D eigenvalue weighted by molar-refractivity contribution is -0.122. The maximum absolute atomic E-state index is 11.4. The third-order valence-corrected chi connectivity index (χ3v) is 2.71. The van der Waals surface area contributed by atoms with Crippen LogP contribution in [0.1, 0.15) is 39.5 Å². The van der Waals surface area contributed by atoms with E-state index in [1.807, 2.05) is 0 Å². The second-order valence-electron chi connectivity index (χ2n) is 4.49. The molecule has 1 aliphatic carbocycles. The largest absolute Gasteiger partial charge is 0.351 e.